The number of benzene rings is 2. The number of phenols is 1. The number of rotatable bonds is 5. The molecule has 0 bridgehead atoms. The average Bonchev–Trinajstić information content (AvgIpc) is 2.38. The Morgan fingerprint density at radius 1 is 1.06 bits per heavy atom. The highest BCUT2D eigenvalue weighted by Crippen LogP contribution is 2.18. The van der Waals surface area contributed by atoms with E-state index in [9.17, 15) is 9.90 Å². The number of phenolic OH excluding ortho intramolecular Hbond substituents is 1. The smallest absolute Gasteiger partial charge is 0.147 e. The molecule has 0 aliphatic heterocycles. The molecule has 0 aliphatic rings. The molecule has 2 aromatic carbocycles. The van der Waals surface area contributed by atoms with Gasteiger partial charge in [-0.1, -0.05) is 30.3 Å². The minimum absolute atomic E-state index is 0.162. The van der Waals surface area contributed by atoms with Crippen molar-refractivity contribution in [3.05, 3.63) is 60.2 Å². The minimum atomic E-state index is 0.162. The molecule has 2 aromatic rings. The van der Waals surface area contributed by atoms with Gasteiger partial charge in [0.2, 0.25) is 0 Å². The summed E-state index contributed by atoms with van der Waals surface area (Å²) in [5.74, 6) is 0.824. The summed E-state index contributed by atoms with van der Waals surface area (Å²) >= 11 is 1.54. The molecule has 0 saturated heterocycles. The van der Waals surface area contributed by atoms with Crippen LogP contribution in [0.4, 0.5) is 0 Å². The summed E-state index contributed by atoms with van der Waals surface area (Å²) in [5.41, 5.74) is 0.855. The van der Waals surface area contributed by atoms with Crippen LogP contribution in [-0.2, 0) is 11.2 Å². The zero-order chi connectivity index (χ0) is 12.8. The van der Waals surface area contributed by atoms with Gasteiger partial charge in [-0.2, -0.15) is 0 Å². The molecule has 0 saturated carbocycles. The van der Waals surface area contributed by atoms with E-state index in [0.29, 0.717) is 12.2 Å². The van der Waals surface area contributed by atoms with Gasteiger partial charge >= 0.3 is 0 Å². The lowest BCUT2D eigenvalue weighted by Crippen LogP contribution is -2.05. The third kappa shape index (κ3) is 3.93. The minimum Gasteiger partial charge on any atom is -0.508 e. The van der Waals surface area contributed by atoms with Gasteiger partial charge in [-0.3, -0.25) is 4.79 Å². The maximum absolute atomic E-state index is 11.8. The number of ketones is 1. The molecular weight excluding hydrogens is 244 g/mol. The molecule has 0 atom stereocenters. The Morgan fingerprint density at radius 3 is 2.56 bits per heavy atom. The standard InChI is InChI=1S/C15H14O2S/c16-13-6-4-5-12(9-13)10-14(17)11-18-15-7-2-1-3-8-15/h1-9,16H,10-11H2. The molecule has 2 rings (SSSR count). The summed E-state index contributed by atoms with van der Waals surface area (Å²) in [6.07, 6.45) is 0.369. The fourth-order valence-electron chi connectivity index (χ4n) is 1.63. The fraction of sp³-hybridized carbons (Fsp3) is 0.133. The number of aromatic hydroxyl groups is 1. The molecule has 0 amide bonds. The van der Waals surface area contributed by atoms with Crippen molar-refractivity contribution < 1.29 is 9.90 Å². The van der Waals surface area contributed by atoms with Crippen molar-refractivity contribution in [3.8, 4) is 5.75 Å². The number of carbonyl (C=O) groups excluding carboxylic acids is 1. The number of hydrogen-bond donors (Lipinski definition) is 1. The highest BCUT2D eigenvalue weighted by Gasteiger charge is 2.05. The van der Waals surface area contributed by atoms with Gasteiger partial charge in [0.15, 0.2) is 0 Å². The highest BCUT2D eigenvalue weighted by atomic mass is 32.2. The van der Waals surface area contributed by atoms with Crippen LogP contribution in [0.1, 0.15) is 5.56 Å². The van der Waals surface area contributed by atoms with E-state index in [-0.39, 0.29) is 11.5 Å². The predicted molar refractivity (Wildman–Crippen MR) is 74.0 cm³/mol. The van der Waals surface area contributed by atoms with E-state index in [2.05, 4.69) is 0 Å². The Balaban J connectivity index is 1.86. The maximum Gasteiger partial charge on any atom is 0.147 e. The zero-order valence-corrected chi connectivity index (χ0v) is 10.7. The lowest BCUT2D eigenvalue weighted by atomic mass is 10.1. The first-order chi connectivity index (χ1) is 8.74. The van der Waals surface area contributed by atoms with Crippen molar-refractivity contribution in [1.29, 1.82) is 0 Å². The van der Waals surface area contributed by atoms with E-state index < -0.39 is 0 Å². The van der Waals surface area contributed by atoms with E-state index in [1.807, 2.05) is 36.4 Å². The molecule has 0 unspecified atom stereocenters. The van der Waals surface area contributed by atoms with Crippen LogP contribution in [-0.4, -0.2) is 16.6 Å². The van der Waals surface area contributed by atoms with Crippen molar-refractivity contribution >= 4 is 17.5 Å². The summed E-state index contributed by atoms with van der Waals surface area (Å²) in [7, 11) is 0. The molecule has 1 N–H and O–H groups in total. The third-order valence-corrected chi connectivity index (χ3v) is 3.53. The Morgan fingerprint density at radius 2 is 1.83 bits per heavy atom. The molecule has 18 heavy (non-hydrogen) atoms. The first-order valence-corrected chi connectivity index (χ1v) is 6.70. The Hall–Kier alpha value is -1.74. The van der Waals surface area contributed by atoms with Crippen LogP contribution in [0.25, 0.3) is 0 Å². The van der Waals surface area contributed by atoms with Crippen LogP contribution in [0.5, 0.6) is 5.75 Å². The van der Waals surface area contributed by atoms with Crippen LogP contribution in [0.2, 0.25) is 0 Å². The normalized spacial score (nSPS) is 10.2. The number of hydrogen-bond acceptors (Lipinski definition) is 3. The Kier molecular flexibility index (Phi) is 4.42. The summed E-state index contributed by atoms with van der Waals surface area (Å²) in [6.45, 7) is 0. The second-order valence-corrected chi connectivity index (χ2v) is 5.04. The molecule has 0 aliphatic carbocycles. The largest absolute Gasteiger partial charge is 0.508 e. The molecule has 0 spiro atoms. The topological polar surface area (TPSA) is 37.3 Å². The molecule has 3 heteroatoms. The van der Waals surface area contributed by atoms with Crippen molar-refractivity contribution in [2.75, 3.05) is 5.75 Å². The Labute approximate surface area is 111 Å². The molecule has 92 valence electrons. The van der Waals surface area contributed by atoms with Crippen LogP contribution in [0, 0.1) is 0 Å². The molecule has 0 aromatic heterocycles. The summed E-state index contributed by atoms with van der Waals surface area (Å²) in [5, 5.41) is 9.32. The lowest BCUT2D eigenvalue weighted by molar-refractivity contribution is -0.116. The van der Waals surface area contributed by atoms with Gasteiger partial charge in [-0.15, -0.1) is 11.8 Å². The Bertz CT molecular complexity index is 523. The van der Waals surface area contributed by atoms with Gasteiger partial charge in [0.05, 0.1) is 5.75 Å². The highest BCUT2D eigenvalue weighted by molar-refractivity contribution is 8.00. The maximum atomic E-state index is 11.8. The van der Waals surface area contributed by atoms with Gasteiger partial charge in [-0.05, 0) is 29.8 Å². The average molecular weight is 258 g/mol. The first-order valence-electron chi connectivity index (χ1n) is 5.71. The van der Waals surface area contributed by atoms with E-state index >= 15 is 0 Å². The second kappa shape index (κ2) is 6.26. The van der Waals surface area contributed by atoms with Gasteiger partial charge in [0.1, 0.15) is 11.5 Å². The SMILES string of the molecule is O=C(CSc1ccccc1)Cc1cccc(O)c1. The third-order valence-electron chi connectivity index (χ3n) is 2.45. The van der Waals surface area contributed by atoms with Crippen LogP contribution >= 0.6 is 11.8 Å². The molecule has 0 heterocycles. The second-order valence-electron chi connectivity index (χ2n) is 3.99. The molecule has 0 radical (unpaired) electrons. The van der Waals surface area contributed by atoms with Crippen molar-refractivity contribution in [2.24, 2.45) is 0 Å². The van der Waals surface area contributed by atoms with Gasteiger partial charge in [0, 0.05) is 11.3 Å². The van der Waals surface area contributed by atoms with E-state index in [4.69, 9.17) is 0 Å². The molecule has 2 nitrogen and oxygen atoms in total. The lowest BCUT2D eigenvalue weighted by Gasteiger charge is -2.02. The van der Waals surface area contributed by atoms with E-state index in [0.717, 1.165) is 10.5 Å². The van der Waals surface area contributed by atoms with Crippen molar-refractivity contribution in [1.82, 2.24) is 0 Å². The van der Waals surface area contributed by atoms with Crippen molar-refractivity contribution in [2.45, 2.75) is 11.3 Å². The summed E-state index contributed by atoms with van der Waals surface area (Å²) < 4.78 is 0. The molecular formula is C15H14O2S. The fourth-order valence-corrected chi connectivity index (χ4v) is 2.40. The van der Waals surface area contributed by atoms with E-state index in [1.54, 1.807) is 18.2 Å². The number of Topliss-reactive ketones (excluding diaryl/α,β-unsaturated/α-hetero) is 1. The monoisotopic (exact) mass is 258 g/mol. The summed E-state index contributed by atoms with van der Waals surface area (Å²) in [6, 6.07) is 16.7. The van der Waals surface area contributed by atoms with Crippen LogP contribution in [0.15, 0.2) is 59.5 Å². The zero-order valence-electron chi connectivity index (χ0n) is 9.87. The van der Waals surface area contributed by atoms with Gasteiger partial charge in [0.25, 0.3) is 0 Å². The number of carbonyl (C=O) groups is 1. The quantitative estimate of drug-likeness (QED) is 0.836. The summed E-state index contributed by atoms with van der Waals surface area (Å²) in [4.78, 5) is 12.9. The molecule has 0 fully saturated rings. The van der Waals surface area contributed by atoms with Crippen molar-refractivity contribution in [3.63, 3.8) is 0 Å². The van der Waals surface area contributed by atoms with Crippen LogP contribution in [0.3, 0.4) is 0 Å². The number of thioether (sulfide) groups is 1. The van der Waals surface area contributed by atoms with Gasteiger partial charge < -0.3 is 5.11 Å². The van der Waals surface area contributed by atoms with Gasteiger partial charge in [-0.25, -0.2) is 0 Å². The first kappa shape index (κ1) is 12.7. The predicted octanol–water partition coefficient (Wildman–Crippen LogP) is 3.30. The van der Waals surface area contributed by atoms with E-state index in [1.165, 1.54) is 11.8 Å². The van der Waals surface area contributed by atoms with Crippen LogP contribution < -0.4 is 0 Å².